The van der Waals surface area contributed by atoms with E-state index >= 15 is 0 Å². The van der Waals surface area contributed by atoms with Crippen LogP contribution < -0.4 is 5.73 Å². The van der Waals surface area contributed by atoms with Gasteiger partial charge in [0.15, 0.2) is 0 Å². The van der Waals surface area contributed by atoms with Crippen molar-refractivity contribution in [2.45, 2.75) is 37.8 Å². The highest BCUT2D eigenvalue weighted by Crippen LogP contribution is 2.25. The molecule has 1 aromatic carbocycles. The molecule has 17 heavy (non-hydrogen) atoms. The van der Waals surface area contributed by atoms with Gasteiger partial charge < -0.3 is 10.5 Å². The van der Waals surface area contributed by atoms with Crippen LogP contribution in [0.4, 0.5) is 4.39 Å². The normalized spacial score (nSPS) is 21.7. The number of hydrogen-bond acceptors (Lipinski definition) is 2. The molecule has 1 aromatic rings. The van der Waals surface area contributed by atoms with E-state index in [-0.39, 0.29) is 11.9 Å². The predicted molar refractivity (Wildman–Crippen MR) is 69.2 cm³/mol. The van der Waals surface area contributed by atoms with E-state index in [4.69, 9.17) is 10.5 Å². The minimum Gasteiger partial charge on any atom is -0.378 e. The molecular weight excluding hydrogens is 285 g/mol. The molecule has 0 radical (unpaired) electrons. The standard InChI is InChI=1S/C13H17BrFNO/c14-10-6-9(7-11(15)8-10)13(16)4-3-12-2-1-5-17-12/h6-8,12-13H,1-5,16H2. The molecular formula is C13H17BrFNO. The summed E-state index contributed by atoms with van der Waals surface area (Å²) in [6, 6.07) is 4.70. The van der Waals surface area contributed by atoms with E-state index in [1.165, 1.54) is 12.1 Å². The maximum absolute atomic E-state index is 13.2. The van der Waals surface area contributed by atoms with Crippen molar-refractivity contribution in [1.82, 2.24) is 0 Å². The summed E-state index contributed by atoms with van der Waals surface area (Å²) in [5, 5.41) is 0. The summed E-state index contributed by atoms with van der Waals surface area (Å²) in [6.45, 7) is 0.866. The van der Waals surface area contributed by atoms with Gasteiger partial charge in [-0.05, 0) is 49.4 Å². The summed E-state index contributed by atoms with van der Waals surface area (Å²) in [5.41, 5.74) is 6.91. The summed E-state index contributed by atoms with van der Waals surface area (Å²) < 4.78 is 19.5. The zero-order valence-electron chi connectivity index (χ0n) is 9.66. The molecule has 94 valence electrons. The third-order valence-electron chi connectivity index (χ3n) is 3.14. The van der Waals surface area contributed by atoms with Gasteiger partial charge in [-0.3, -0.25) is 0 Å². The number of halogens is 2. The lowest BCUT2D eigenvalue weighted by Crippen LogP contribution is -2.14. The Hall–Kier alpha value is -0.450. The van der Waals surface area contributed by atoms with E-state index in [2.05, 4.69) is 15.9 Å². The zero-order chi connectivity index (χ0) is 12.3. The molecule has 0 saturated carbocycles. The summed E-state index contributed by atoms with van der Waals surface area (Å²) in [5.74, 6) is -0.248. The number of ether oxygens (including phenoxy) is 1. The van der Waals surface area contributed by atoms with Crippen molar-refractivity contribution in [3.63, 3.8) is 0 Å². The molecule has 1 saturated heterocycles. The molecule has 1 fully saturated rings. The summed E-state index contributed by atoms with van der Waals surface area (Å²) in [4.78, 5) is 0. The topological polar surface area (TPSA) is 35.2 Å². The van der Waals surface area contributed by atoms with Gasteiger partial charge in [-0.2, -0.15) is 0 Å². The Labute approximate surface area is 109 Å². The van der Waals surface area contributed by atoms with Crippen molar-refractivity contribution in [2.24, 2.45) is 5.73 Å². The fourth-order valence-electron chi connectivity index (χ4n) is 2.19. The van der Waals surface area contributed by atoms with Crippen LogP contribution in [0.2, 0.25) is 0 Å². The first kappa shape index (κ1) is 13.0. The molecule has 0 aromatic heterocycles. The monoisotopic (exact) mass is 301 g/mol. The van der Waals surface area contributed by atoms with Crippen molar-refractivity contribution in [1.29, 1.82) is 0 Å². The van der Waals surface area contributed by atoms with Gasteiger partial charge >= 0.3 is 0 Å². The molecule has 2 nitrogen and oxygen atoms in total. The van der Waals surface area contributed by atoms with E-state index in [9.17, 15) is 4.39 Å². The van der Waals surface area contributed by atoms with Gasteiger partial charge in [0.2, 0.25) is 0 Å². The number of nitrogens with two attached hydrogens (primary N) is 1. The Morgan fingerprint density at radius 1 is 1.47 bits per heavy atom. The third-order valence-corrected chi connectivity index (χ3v) is 3.59. The van der Waals surface area contributed by atoms with Gasteiger partial charge in [-0.1, -0.05) is 15.9 Å². The highest BCUT2D eigenvalue weighted by atomic mass is 79.9. The minimum atomic E-state index is -0.248. The quantitative estimate of drug-likeness (QED) is 0.923. The molecule has 4 heteroatoms. The first-order valence-electron chi connectivity index (χ1n) is 5.98. The first-order valence-corrected chi connectivity index (χ1v) is 6.77. The molecule has 2 rings (SSSR count). The van der Waals surface area contributed by atoms with E-state index in [1.807, 2.05) is 6.07 Å². The fraction of sp³-hybridized carbons (Fsp3) is 0.538. The molecule has 1 heterocycles. The van der Waals surface area contributed by atoms with E-state index in [1.54, 1.807) is 0 Å². The maximum atomic E-state index is 13.2. The van der Waals surface area contributed by atoms with Crippen molar-refractivity contribution in [3.05, 3.63) is 34.1 Å². The van der Waals surface area contributed by atoms with Crippen LogP contribution in [0.5, 0.6) is 0 Å². The molecule has 0 amide bonds. The van der Waals surface area contributed by atoms with E-state index < -0.39 is 0 Å². The Bertz CT molecular complexity index is 359. The highest BCUT2D eigenvalue weighted by molar-refractivity contribution is 9.10. The first-order chi connectivity index (χ1) is 8.15. The second-order valence-electron chi connectivity index (χ2n) is 4.52. The van der Waals surface area contributed by atoms with Gasteiger partial charge in [0.05, 0.1) is 6.10 Å². The maximum Gasteiger partial charge on any atom is 0.124 e. The molecule has 0 aliphatic carbocycles. The van der Waals surface area contributed by atoms with Crippen LogP contribution in [0.25, 0.3) is 0 Å². The SMILES string of the molecule is NC(CCC1CCCO1)c1cc(F)cc(Br)c1. The Morgan fingerprint density at radius 2 is 2.29 bits per heavy atom. The largest absolute Gasteiger partial charge is 0.378 e. The predicted octanol–water partition coefficient (Wildman–Crippen LogP) is 3.55. The van der Waals surface area contributed by atoms with Crippen LogP contribution in [-0.2, 0) is 4.74 Å². The number of rotatable bonds is 4. The molecule has 2 atom stereocenters. The molecule has 0 bridgehead atoms. The Kier molecular flexibility index (Phi) is 4.54. The summed E-state index contributed by atoms with van der Waals surface area (Å²) in [6.07, 6.45) is 4.40. The molecule has 2 N–H and O–H groups in total. The lowest BCUT2D eigenvalue weighted by molar-refractivity contribution is 0.101. The van der Waals surface area contributed by atoms with Gasteiger partial charge in [0.1, 0.15) is 5.82 Å². The summed E-state index contributed by atoms with van der Waals surface area (Å²) in [7, 11) is 0. The van der Waals surface area contributed by atoms with Crippen molar-refractivity contribution in [3.8, 4) is 0 Å². The second-order valence-corrected chi connectivity index (χ2v) is 5.44. The van der Waals surface area contributed by atoms with E-state index in [0.717, 1.165) is 42.3 Å². The Balaban J connectivity index is 1.91. The average Bonchev–Trinajstić information content (AvgIpc) is 2.77. The molecule has 2 unspecified atom stereocenters. The van der Waals surface area contributed by atoms with Crippen LogP contribution >= 0.6 is 15.9 Å². The number of benzene rings is 1. The van der Waals surface area contributed by atoms with Crippen molar-refractivity contribution in [2.75, 3.05) is 6.61 Å². The smallest absolute Gasteiger partial charge is 0.124 e. The Morgan fingerprint density at radius 3 is 2.94 bits per heavy atom. The molecule has 1 aliphatic heterocycles. The summed E-state index contributed by atoms with van der Waals surface area (Å²) >= 11 is 3.28. The van der Waals surface area contributed by atoms with E-state index in [0.29, 0.717) is 6.10 Å². The van der Waals surface area contributed by atoms with Gasteiger partial charge in [-0.25, -0.2) is 4.39 Å². The fourth-order valence-corrected chi connectivity index (χ4v) is 2.68. The third kappa shape index (κ3) is 3.76. The number of hydrogen-bond donors (Lipinski definition) is 1. The second kappa shape index (κ2) is 5.94. The van der Waals surface area contributed by atoms with Crippen LogP contribution in [0.15, 0.2) is 22.7 Å². The zero-order valence-corrected chi connectivity index (χ0v) is 11.2. The van der Waals surface area contributed by atoms with Gasteiger partial charge in [0.25, 0.3) is 0 Å². The highest BCUT2D eigenvalue weighted by Gasteiger charge is 2.17. The average molecular weight is 302 g/mol. The van der Waals surface area contributed by atoms with Crippen LogP contribution in [-0.4, -0.2) is 12.7 Å². The van der Waals surface area contributed by atoms with Crippen molar-refractivity contribution >= 4 is 15.9 Å². The molecule has 0 spiro atoms. The minimum absolute atomic E-state index is 0.119. The van der Waals surface area contributed by atoms with Crippen LogP contribution in [0.3, 0.4) is 0 Å². The van der Waals surface area contributed by atoms with Gasteiger partial charge in [-0.15, -0.1) is 0 Å². The lowest BCUT2D eigenvalue weighted by atomic mass is 10.00. The lowest BCUT2D eigenvalue weighted by Gasteiger charge is -2.15. The molecule has 1 aliphatic rings. The van der Waals surface area contributed by atoms with Crippen molar-refractivity contribution < 1.29 is 9.13 Å². The van der Waals surface area contributed by atoms with Crippen LogP contribution in [0.1, 0.15) is 37.3 Å². The van der Waals surface area contributed by atoms with Gasteiger partial charge in [0, 0.05) is 17.1 Å². The van der Waals surface area contributed by atoms with Crippen LogP contribution in [0, 0.1) is 5.82 Å².